The number of rotatable bonds is 4. The van der Waals surface area contributed by atoms with Crippen LogP contribution in [0.25, 0.3) is 0 Å². The summed E-state index contributed by atoms with van der Waals surface area (Å²) in [6.45, 7) is 2.96. The molecule has 0 saturated heterocycles. The van der Waals surface area contributed by atoms with Gasteiger partial charge in [0.1, 0.15) is 0 Å². The number of aryl methyl sites for hydroxylation is 1. The molecule has 76 valence electrons. The summed E-state index contributed by atoms with van der Waals surface area (Å²) in [6.07, 6.45) is 0.764. The van der Waals surface area contributed by atoms with E-state index in [4.69, 9.17) is 18.0 Å². The third-order valence-corrected chi connectivity index (χ3v) is 2.37. The zero-order chi connectivity index (χ0) is 10.6. The molecule has 0 saturated carbocycles. The molecule has 0 aliphatic carbocycles. The van der Waals surface area contributed by atoms with Gasteiger partial charge in [-0.1, -0.05) is 29.9 Å². The van der Waals surface area contributed by atoms with Crippen molar-refractivity contribution in [2.24, 2.45) is 5.73 Å². The third-order valence-electron chi connectivity index (χ3n) is 2.17. The van der Waals surface area contributed by atoms with Gasteiger partial charge in [0, 0.05) is 25.7 Å². The Morgan fingerprint density at radius 1 is 1.36 bits per heavy atom. The van der Waals surface area contributed by atoms with Gasteiger partial charge < -0.3 is 10.6 Å². The first-order valence-corrected chi connectivity index (χ1v) is 5.06. The van der Waals surface area contributed by atoms with Crippen LogP contribution in [-0.2, 0) is 0 Å². The van der Waals surface area contributed by atoms with Crippen LogP contribution < -0.4 is 10.6 Å². The zero-order valence-electron chi connectivity index (χ0n) is 8.66. The molecule has 0 aliphatic heterocycles. The molecule has 1 aromatic rings. The highest BCUT2D eigenvalue weighted by Gasteiger charge is 2.00. The molecule has 2 N–H and O–H groups in total. The van der Waals surface area contributed by atoms with Crippen LogP contribution >= 0.6 is 12.2 Å². The summed E-state index contributed by atoms with van der Waals surface area (Å²) in [5, 5.41) is 0. The molecule has 1 aromatic carbocycles. The van der Waals surface area contributed by atoms with Gasteiger partial charge >= 0.3 is 0 Å². The average molecular weight is 208 g/mol. The van der Waals surface area contributed by atoms with E-state index in [9.17, 15) is 0 Å². The molecule has 3 heteroatoms. The molecule has 0 heterocycles. The average Bonchev–Trinajstić information content (AvgIpc) is 2.15. The Kier molecular flexibility index (Phi) is 3.89. The highest BCUT2D eigenvalue weighted by Crippen LogP contribution is 2.13. The fourth-order valence-corrected chi connectivity index (χ4v) is 1.30. The van der Waals surface area contributed by atoms with E-state index in [1.54, 1.807) is 0 Å². The maximum Gasteiger partial charge on any atom is 0.0745 e. The van der Waals surface area contributed by atoms with Crippen molar-refractivity contribution in [3.63, 3.8) is 0 Å². The monoisotopic (exact) mass is 208 g/mol. The first kappa shape index (κ1) is 11.0. The molecule has 0 aromatic heterocycles. The van der Waals surface area contributed by atoms with Crippen molar-refractivity contribution in [1.29, 1.82) is 0 Å². The SMILES string of the molecule is Cc1ccc(N(C)CCC(N)=S)cc1. The predicted octanol–water partition coefficient (Wildman–Crippen LogP) is 2.11. The summed E-state index contributed by atoms with van der Waals surface area (Å²) >= 11 is 4.84. The summed E-state index contributed by atoms with van der Waals surface area (Å²) in [5.74, 6) is 0. The van der Waals surface area contributed by atoms with Gasteiger partial charge in [0.05, 0.1) is 4.99 Å². The second-order valence-electron chi connectivity index (χ2n) is 3.47. The summed E-state index contributed by atoms with van der Waals surface area (Å²) in [6, 6.07) is 8.42. The second-order valence-corrected chi connectivity index (χ2v) is 4.00. The summed E-state index contributed by atoms with van der Waals surface area (Å²) in [4.78, 5) is 2.72. The molecule has 0 radical (unpaired) electrons. The minimum absolute atomic E-state index is 0.573. The Hall–Kier alpha value is -1.09. The van der Waals surface area contributed by atoms with Crippen molar-refractivity contribution in [2.45, 2.75) is 13.3 Å². The molecule has 2 nitrogen and oxygen atoms in total. The standard InChI is InChI=1S/C11H16N2S/c1-9-3-5-10(6-4-9)13(2)8-7-11(12)14/h3-6H,7-8H2,1-2H3,(H2,12,14). The van der Waals surface area contributed by atoms with Crippen molar-refractivity contribution in [3.8, 4) is 0 Å². The largest absolute Gasteiger partial charge is 0.393 e. The fraction of sp³-hybridized carbons (Fsp3) is 0.364. The topological polar surface area (TPSA) is 29.3 Å². The molecule has 0 spiro atoms. The molecule has 0 amide bonds. The second kappa shape index (κ2) is 4.96. The quantitative estimate of drug-likeness (QED) is 0.768. The molecule has 0 unspecified atom stereocenters. The van der Waals surface area contributed by atoms with E-state index < -0.39 is 0 Å². The van der Waals surface area contributed by atoms with Crippen LogP contribution in [0, 0.1) is 6.92 Å². The lowest BCUT2D eigenvalue weighted by atomic mass is 10.2. The van der Waals surface area contributed by atoms with Crippen LogP contribution in [0.2, 0.25) is 0 Å². The van der Waals surface area contributed by atoms with Crippen LogP contribution in [0.5, 0.6) is 0 Å². The minimum Gasteiger partial charge on any atom is -0.393 e. The number of thiocarbonyl (C=S) groups is 1. The normalized spacial score (nSPS) is 9.86. The lowest BCUT2D eigenvalue weighted by Gasteiger charge is -2.18. The van der Waals surface area contributed by atoms with Gasteiger partial charge in [0.15, 0.2) is 0 Å². The molecule has 1 rings (SSSR count). The van der Waals surface area contributed by atoms with Gasteiger partial charge in [-0.25, -0.2) is 0 Å². The van der Waals surface area contributed by atoms with Crippen molar-refractivity contribution in [1.82, 2.24) is 0 Å². The number of nitrogens with two attached hydrogens (primary N) is 1. The number of nitrogens with zero attached hydrogens (tertiary/aromatic N) is 1. The predicted molar refractivity (Wildman–Crippen MR) is 65.9 cm³/mol. The summed E-state index contributed by atoms with van der Waals surface area (Å²) in [5.41, 5.74) is 7.92. The van der Waals surface area contributed by atoms with Gasteiger partial charge in [0.25, 0.3) is 0 Å². The van der Waals surface area contributed by atoms with Crippen molar-refractivity contribution in [3.05, 3.63) is 29.8 Å². The first-order chi connectivity index (χ1) is 6.59. The van der Waals surface area contributed by atoms with Crippen LogP contribution in [0.3, 0.4) is 0 Å². The van der Waals surface area contributed by atoms with Crippen molar-refractivity contribution < 1.29 is 0 Å². The summed E-state index contributed by atoms with van der Waals surface area (Å²) < 4.78 is 0. The van der Waals surface area contributed by atoms with E-state index in [-0.39, 0.29) is 0 Å². The number of hydrogen-bond acceptors (Lipinski definition) is 2. The van der Waals surface area contributed by atoms with Crippen LogP contribution in [0.4, 0.5) is 5.69 Å². The Labute approximate surface area is 90.7 Å². The highest BCUT2D eigenvalue weighted by molar-refractivity contribution is 7.80. The number of hydrogen-bond donors (Lipinski definition) is 1. The van der Waals surface area contributed by atoms with E-state index >= 15 is 0 Å². The van der Waals surface area contributed by atoms with E-state index in [1.807, 2.05) is 7.05 Å². The lowest BCUT2D eigenvalue weighted by molar-refractivity contribution is 0.921. The van der Waals surface area contributed by atoms with E-state index in [2.05, 4.69) is 36.1 Å². The van der Waals surface area contributed by atoms with E-state index in [0.29, 0.717) is 4.99 Å². The van der Waals surface area contributed by atoms with Gasteiger partial charge in [-0.2, -0.15) is 0 Å². The van der Waals surface area contributed by atoms with Crippen LogP contribution in [0.15, 0.2) is 24.3 Å². The molecule has 14 heavy (non-hydrogen) atoms. The van der Waals surface area contributed by atoms with Crippen molar-refractivity contribution in [2.75, 3.05) is 18.5 Å². The van der Waals surface area contributed by atoms with Gasteiger partial charge in [-0.15, -0.1) is 0 Å². The van der Waals surface area contributed by atoms with E-state index in [1.165, 1.54) is 11.3 Å². The minimum atomic E-state index is 0.573. The maximum absolute atomic E-state index is 5.45. The molecular formula is C11H16N2S. The zero-order valence-corrected chi connectivity index (χ0v) is 9.47. The molecular weight excluding hydrogens is 192 g/mol. The van der Waals surface area contributed by atoms with Gasteiger partial charge in [-0.3, -0.25) is 0 Å². The molecule has 0 bridgehead atoms. The molecule has 0 fully saturated rings. The Morgan fingerprint density at radius 3 is 2.43 bits per heavy atom. The van der Waals surface area contributed by atoms with Crippen molar-refractivity contribution >= 4 is 22.9 Å². The first-order valence-electron chi connectivity index (χ1n) is 4.65. The number of anilines is 1. The van der Waals surface area contributed by atoms with E-state index in [0.717, 1.165) is 13.0 Å². The third kappa shape index (κ3) is 3.34. The lowest BCUT2D eigenvalue weighted by Crippen LogP contribution is -2.23. The Balaban J connectivity index is 2.56. The van der Waals surface area contributed by atoms with Gasteiger partial charge in [0.2, 0.25) is 0 Å². The maximum atomic E-state index is 5.45. The van der Waals surface area contributed by atoms with Crippen LogP contribution in [-0.4, -0.2) is 18.6 Å². The molecule has 0 atom stereocenters. The Bertz CT molecular complexity index is 306. The fourth-order valence-electron chi connectivity index (χ4n) is 1.21. The number of benzene rings is 1. The Morgan fingerprint density at radius 2 is 1.93 bits per heavy atom. The van der Waals surface area contributed by atoms with Gasteiger partial charge in [-0.05, 0) is 19.1 Å². The summed E-state index contributed by atoms with van der Waals surface area (Å²) in [7, 11) is 2.04. The smallest absolute Gasteiger partial charge is 0.0745 e. The highest BCUT2D eigenvalue weighted by atomic mass is 32.1. The molecule has 0 aliphatic rings. The van der Waals surface area contributed by atoms with Crippen LogP contribution in [0.1, 0.15) is 12.0 Å².